The van der Waals surface area contributed by atoms with Gasteiger partial charge in [0.15, 0.2) is 5.72 Å². The molecule has 2 aromatic rings. The highest BCUT2D eigenvalue weighted by Crippen LogP contribution is 2.38. The first kappa shape index (κ1) is 14.1. The number of fused-ring (bicyclic) bond motifs is 1. The normalized spacial score (nSPS) is 19.9. The number of benzene rings is 2. The third kappa shape index (κ3) is 2.19. The number of hydrogen-bond donors (Lipinski definition) is 3. The molecule has 1 aliphatic heterocycles. The Morgan fingerprint density at radius 1 is 1.14 bits per heavy atom. The molecular formula is C16H15N3O3. The highest BCUT2D eigenvalue weighted by Gasteiger charge is 2.49. The van der Waals surface area contributed by atoms with Gasteiger partial charge >= 0.3 is 6.03 Å². The smallest absolute Gasteiger partial charge is 0.331 e. The number of nitrogens with zero attached hydrogens (tertiary/aromatic N) is 1. The molecule has 0 saturated heterocycles. The van der Waals surface area contributed by atoms with E-state index in [-0.39, 0.29) is 6.42 Å². The quantitative estimate of drug-likeness (QED) is 0.792. The molecule has 3 amide bonds. The first-order valence-corrected chi connectivity index (χ1v) is 6.79. The summed E-state index contributed by atoms with van der Waals surface area (Å²) in [4.78, 5) is 23.6. The van der Waals surface area contributed by atoms with Gasteiger partial charge in [0, 0.05) is 17.5 Å². The maximum atomic E-state index is 12.4. The van der Waals surface area contributed by atoms with Crippen molar-refractivity contribution in [3.05, 3.63) is 71.3 Å². The summed E-state index contributed by atoms with van der Waals surface area (Å²) in [5.74, 6) is -0.493. The zero-order valence-corrected chi connectivity index (χ0v) is 11.7. The van der Waals surface area contributed by atoms with Gasteiger partial charge in [0.2, 0.25) is 0 Å². The maximum Gasteiger partial charge on any atom is 0.331 e. The van der Waals surface area contributed by atoms with Gasteiger partial charge in [-0.25, -0.2) is 15.2 Å². The van der Waals surface area contributed by atoms with E-state index in [0.29, 0.717) is 11.1 Å². The number of primary amides is 1. The lowest BCUT2D eigenvalue weighted by atomic mass is 9.95. The largest absolute Gasteiger partial charge is 0.365 e. The Morgan fingerprint density at radius 2 is 1.77 bits per heavy atom. The number of carbonyl (C=O) groups excluding carboxylic acids is 2. The molecule has 3 rings (SSSR count). The second kappa shape index (κ2) is 5.16. The molecule has 0 radical (unpaired) electrons. The fraction of sp³-hybridized carbons (Fsp3) is 0.125. The van der Waals surface area contributed by atoms with E-state index < -0.39 is 17.7 Å². The first-order valence-electron chi connectivity index (χ1n) is 6.79. The SMILES string of the molecule is NC(=O)NN1C(=O)c2ccccc2[C@@]1(O)Cc1ccccc1. The minimum atomic E-state index is -1.68. The van der Waals surface area contributed by atoms with Crippen molar-refractivity contribution in [2.24, 2.45) is 5.73 Å². The second-order valence-corrected chi connectivity index (χ2v) is 5.14. The molecule has 0 aliphatic carbocycles. The number of amides is 3. The lowest BCUT2D eigenvalue weighted by Crippen LogP contribution is -2.56. The monoisotopic (exact) mass is 297 g/mol. The Hall–Kier alpha value is -2.86. The Morgan fingerprint density at radius 3 is 2.45 bits per heavy atom. The van der Waals surface area contributed by atoms with Crippen LogP contribution in [0.25, 0.3) is 0 Å². The molecule has 22 heavy (non-hydrogen) atoms. The van der Waals surface area contributed by atoms with Crippen LogP contribution in [0.5, 0.6) is 0 Å². The van der Waals surface area contributed by atoms with Crippen LogP contribution in [0.3, 0.4) is 0 Å². The zero-order valence-electron chi connectivity index (χ0n) is 11.7. The molecule has 0 spiro atoms. The Bertz CT molecular complexity index is 732. The number of nitrogens with two attached hydrogens (primary N) is 1. The molecule has 0 aromatic heterocycles. The Balaban J connectivity index is 2.07. The van der Waals surface area contributed by atoms with Crippen molar-refractivity contribution in [1.29, 1.82) is 0 Å². The van der Waals surface area contributed by atoms with Crippen molar-refractivity contribution in [3.8, 4) is 0 Å². The van der Waals surface area contributed by atoms with Crippen LogP contribution in [-0.4, -0.2) is 22.1 Å². The average Bonchev–Trinajstić information content (AvgIpc) is 2.71. The summed E-state index contributed by atoms with van der Waals surface area (Å²) >= 11 is 0. The van der Waals surface area contributed by atoms with Gasteiger partial charge in [-0.2, -0.15) is 0 Å². The Labute approximate surface area is 127 Å². The predicted molar refractivity (Wildman–Crippen MR) is 79.4 cm³/mol. The zero-order chi connectivity index (χ0) is 15.7. The summed E-state index contributed by atoms with van der Waals surface area (Å²) in [6.45, 7) is 0. The van der Waals surface area contributed by atoms with Gasteiger partial charge in [-0.1, -0.05) is 48.5 Å². The number of nitrogens with one attached hydrogen (secondary N) is 1. The molecule has 4 N–H and O–H groups in total. The summed E-state index contributed by atoms with van der Waals surface area (Å²) < 4.78 is 0. The first-order chi connectivity index (χ1) is 10.5. The van der Waals surface area contributed by atoms with E-state index in [1.54, 1.807) is 24.3 Å². The number of aliphatic hydroxyl groups is 1. The van der Waals surface area contributed by atoms with Crippen molar-refractivity contribution >= 4 is 11.9 Å². The van der Waals surface area contributed by atoms with Gasteiger partial charge in [0.1, 0.15) is 0 Å². The summed E-state index contributed by atoms with van der Waals surface area (Å²) in [6, 6.07) is 15.0. The molecule has 1 heterocycles. The van der Waals surface area contributed by atoms with Crippen LogP contribution in [-0.2, 0) is 12.1 Å². The van der Waals surface area contributed by atoms with Crippen molar-refractivity contribution in [2.45, 2.75) is 12.1 Å². The van der Waals surface area contributed by atoms with Gasteiger partial charge in [-0.3, -0.25) is 4.79 Å². The van der Waals surface area contributed by atoms with Crippen LogP contribution in [0.15, 0.2) is 54.6 Å². The van der Waals surface area contributed by atoms with E-state index in [1.165, 1.54) is 0 Å². The number of carbonyl (C=O) groups is 2. The molecular weight excluding hydrogens is 282 g/mol. The van der Waals surface area contributed by atoms with Gasteiger partial charge in [-0.05, 0) is 11.6 Å². The molecule has 2 aromatic carbocycles. The van der Waals surface area contributed by atoms with E-state index in [0.717, 1.165) is 10.6 Å². The number of urea groups is 1. The lowest BCUT2D eigenvalue weighted by molar-refractivity contribution is -0.0997. The summed E-state index contributed by atoms with van der Waals surface area (Å²) in [6.07, 6.45) is 0.136. The van der Waals surface area contributed by atoms with E-state index >= 15 is 0 Å². The van der Waals surface area contributed by atoms with Crippen molar-refractivity contribution in [2.75, 3.05) is 0 Å². The molecule has 6 heteroatoms. The third-order valence-corrected chi connectivity index (χ3v) is 3.68. The van der Waals surface area contributed by atoms with Crippen LogP contribution in [0.2, 0.25) is 0 Å². The summed E-state index contributed by atoms with van der Waals surface area (Å²) in [5.41, 5.74) is 7.28. The van der Waals surface area contributed by atoms with Crippen molar-refractivity contribution in [1.82, 2.24) is 10.4 Å². The van der Waals surface area contributed by atoms with Crippen LogP contribution in [0, 0.1) is 0 Å². The molecule has 1 aliphatic rings. The van der Waals surface area contributed by atoms with Gasteiger partial charge in [0.25, 0.3) is 5.91 Å². The molecule has 0 unspecified atom stereocenters. The molecule has 6 nitrogen and oxygen atoms in total. The topological polar surface area (TPSA) is 95.7 Å². The summed E-state index contributed by atoms with van der Waals surface area (Å²) in [5, 5.41) is 12.0. The van der Waals surface area contributed by atoms with Crippen molar-refractivity contribution < 1.29 is 14.7 Å². The third-order valence-electron chi connectivity index (χ3n) is 3.68. The lowest BCUT2D eigenvalue weighted by Gasteiger charge is -2.33. The van der Waals surface area contributed by atoms with Gasteiger partial charge < -0.3 is 10.8 Å². The second-order valence-electron chi connectivity index (χ2n) is 5.14. The van der Waals surface area contributed by atoms with E-state index in [9.17, 15) is 14.7 Å². The van der Waals surface area contributed by atoms with Crippen LogP contribution >= 0.6 is 0 Å². The minimum Gasteiger partial charge on any atom is -0.365 e. The number of hydrogen-bond acceptors (Lipinski definition) is 3. The molecule has 0 fully saturated rings. The Kier molecular flexibility index (Phi) is 3.30. The minimum absolute atomic E-state index is 0.136. The molecule has 0 bridgehead atoms. The molecule has 1 atom stereocenters. The van der Waals surface area contributed by atoms with Gasteiger partial charge in [0.05, 0.1) is 0 Å². The maximum absolute atomic E-state index is 12.4. The van der Waals surface area contributed by atoms with Crippen LogP contribution in [0.1, 0.15) is 21.5 Å². The average molecular weight is 297 g/mol. The van der Waals surface area contributed by atoms with E-state index in [2.05, 4.69) is 5.43 Å². The molecule has 112 valence electrons. The predicted octanol–water partition coefficient (Wildman–Crippen LogP) is 1.11. The number of rotatable bonds is 3. The fourth-order valence-corrected chi connectivity index (χ4v) is 2.74. The summed E-state index contributed by atoms with van der Waals surface area (Å²) in [7, 11) is 0. The fourth-order valence-electron chi connectivity index (χ4n) is 2.74. The van der Waals surface area contributed by atoms with Gasteiger partial charge in [-0.15, -0.1) is 0 Å². The number of hydrazine groups is 1. The van der Waals surface area contributed by atoms with Crippen molar-refractivity contribution in [3.63, 3.8) is 0 Å². The van der Waals surface area contributed by atoms with Crippen LogP contribution in [0.4, 0.5) is 4.79 Å². The van der Waals surface area contributed by atoms with E-state index in [1.807, 2.05) is 30.3 Å². The van der Waals surface area contributed by atoms with E-state index in [4.69, 9.17) is 5.73 Å². The van der Waals surface area contributed by atoms with Crippen LogP contribution < -0.4 is 11.2 Å². The highest BCUT2D eigenvalue weighted by atomic mass is 16.3. The standard InChI is InChI=1S/C16H15N3O3/c17-15(21)18-19-14(20)12-8-4-5-9-13(12)16(19,22)10-11-6-2-1-3-7-11/h1-9,22H,10H2,(H3,17,18,21)/t16-/m0/s1. The highest BCUT2D eigenvalue weighted by molar-refractivity contribution is 6.00. The molecule has 0 saturated carbocycles.